The molecule has 1 aliphatic heterocycles. The summed E-state index contributed by atoms with van der Waals surface area (Å²) in [7, 11) is 1.90. The highest BCUT2D eigenvalue weighted by Crippen LogP contribution is 2.26. The van der Waals surface area contributed by atoms with Gasteiger partial charge in [0.05, 0.1) is 12.3 Å². The van der Waals surface area contributed by atoms with Crippen molar-refractivity contribution in [2.75, 3.05) is 26.2 Å². The number of aromatic nitrogens is 3. The van der Waals surface area contributed by atoms with Crippen LogP contribution in [-0.4, -0.2) is 46.1 Å². The number of piperidine rings is 1. The second kappa shape index (κ2) is 8.19. The van der Waals surface area contributed by atoms with Gasteiger partial charge in [0.2, 0.25) is 0 Å². The molecule has 0 aliphatic carbocycles. The summed E-state index contributed by atoms with van der Waals surface area (Å²) in [4.78, 5) is 2.49. The number of nitrogens with zero attached hydrogens (tertiary/aromatic N) is 4. The van der Waals surface area contributed by atoms with Crippen molar-refractivity contribution in [2.24, 2.45) is 13.0 Å². The maximum absolute atomic E-state index is 6.00. The van der Waals surface area contributed by atoms with Crippen LogP contribution in [-0.2, 0) is 13.5 Å². The lowest BCUT2D eigenvalue weighted by atomic mass is 9.97. The summed E-state index contributed by atoms with van der Waals surface area (Å²) in [6, 6.07) is 5.33. The molecular weight excluding hydrogens is 347 g/mol. The second-order valence-electron chi connectivity index (χ2n) is 6.33. The molecule has 0 spiro atoms. The Labute approximate surface area is 152 Å². The summed E-state index contributed by atoms with van der Waals surface area (Å²) in [5.74, 6) is 1.33. The maximum atomic E-state index is 6.00. The van der Waals surface area contributed by atoms with Crippen molar-refractivity contribution in [2.45, 2.75) is 19.3 Å². The van der Waals surface area contributed by atoms with Crippen molar-refractivity contribution in [1.29, 1.82) is 0 Å². The average molecular weight is 369 g/mol. The molecule has 1 aliphatic rings. The highest BCUT2D eigenvalue weighted by atomic mass is 35.5. The van der Waals surface area contributed by atoms with Crippen LogP contribution >= 0.6 is 23.2 Å². The van der Waals surface area contributed by atoms with Crippen LogP contribution in [0.25, 0.3) is 0 Å². The van der Waals surface area contributed by atoms with Crippen LogP contribution in [0.2, 0.25) is 10.0 Å². The fraction of sp³-hybridized carbons (Fsp3) is 0.529. The number of likely N-dealkylation sites (tertiary alicyclic amines) is 1. The van der Waals surface area contributed by atoms with E-state index in [4.69, 9.17) is 27.9 Å². The van der Waals surface area contributed by atoms with E-state index in [0.29, 0.717) is 22.6 Å². The molecule has 3 rings (SSSR count). The fourth-order valence-corrected chi connectivity index (χ4v) is 3.49. The first-order valence-corrected chi connectivity index (χ1v) is 9.00. The zero-order valence-electron chi connectivity index (χ0n) is 13.8. The summed E-state index contributed by atoms with van der Waals surface area (Å²) < 4.78 is 7.62. The van der Waals surface area contributed by atoms with Crippen molar-refractivity contribution in [1.82, 2.24) is 19.9 Å². The van der Waals surface area contributed by atoms with Crippen LogP contribution in [0, 0.1) is 5.92 Å². The van der Waals surface area contributed by atoms with Gasteiger partial charge in [0.25, 0.3) is 0 Å². The van der Waals surface area contributed by atoms with Crippen molar-refractivity contribution in [3.8, 4) is 5.75 Å². The molecule has 0 atom stereocenters. The molecule has 2 aromatic rings. The molecule has 130 valence electrons. The normalized spacial score (nSPS) is 16.5. The number of rotatable bonds is 6. The van der Waals surface area contributed by atoms with Gasteiger partial charge in [0.1, 0.15) is 5.75 Å². The second-order valence-corrected chi connectivity index (χ2v) is 7.21. The molecule has 5 nitrogen and oxygen atoms in total. The van der Waals surface area contributed by atoms with Gasteiger partial charge >= 0.3 is 0 Å². The molecule has 0 bridgehead atoms. The number of hydrogen-bond acceptors (Lipinski definition) is 4. The third-order valence-corrected chi connectivity index (χ3v) is 4.80. The third-order valence-electron chi connectivity index (χ3n) is 4.36. The van der Waals surface area contributed by atoms with E-state index >= 15 is 0 Å². The van der Waals surface area contributed by atoms with E-state index in [1.165, 1.54) is 0 Å². The van der Waals surface area contributed by atoms with Gasteiger partial charge in [0.15, 0.2) is 0 Å². The predicted octanol–water partition coefficient (Wildman–Crippen LogP) is 3.46. The van der Waals surface area contributed by atoms with E-state index < -0.39 is 0 Å². The Kier molecular flexibility index (Phi) is 5.98. The zero-order valence-corrected chi connectivity index (χ0v) is 15.3. The SMILES string of the molecule is Cn1cc(CCN2CCC(COc3cc(Cl)cc(Cl)c3)CC2)nn1. The van der Waals surface area contributed by atoms with Gasteiger partial charge in [-0.05, 0) is 50.0 Å². The zero-order chi connectivity index (χ0) is 16.9. The van der Waals surface area contributed by atoms with Gasteiger partial charge in [-0.3, -0.25) is 4.68 Å². The van der Waals surface area contributed by atoms with Gasteiger partial charge < -0.3 is 9.64 Å². The van der Waals surface area contributed by atoms with Crippen molar-refractivity contribution in [3.05, 3.63) is 40.1 Å². The number of aryl methyl sites for hydroxylation is 1. The molecule has 0 amide bonds. The first-order valence-electron chi connectivity index (χ1n) is 8.25. The molecular formula is C17H22Cl2N4O. The maximum Gasteiger partial charge on any atom is 0.122 e. The van der Waals surface area contributed by atoms with E-state index in [0.717, 1.165) is 50.3 Å². The monoisotopic (exact) mass is 368 g/mol. The number of hydrogen-bond donors (Lipinski definition) is 0. The average Bonchev–Trinajstić information content (AvgIpc) is 2.97. The molecule has 0 radical (unpaired) electrons. The van der Waals surface area contributed by atoms with E-state index in [-0.39, 0.29) is 0 Å². The highest BCUT2D eigenvalue weighted by Gasteiger charge is 2.20. The lowest BCUT2D eigenvalue weighted by Gasteiger charge is -2.31. The van der Waals surface area contributed by atoms with E-state index in [1.54, 1.807) is 10.7 Å². The molecule has 7 heteroatoms. The Bertz CT molecular complexity index is 648. The minimum absolute atomic E-state index is 0.579. The van der Waals surface area contributed by atoms with E-state index in [1.807, 2.05) is 25.4 Å². The molecule has 1 saturated heterocycles. The smallest absolute Gasteiger partial charge is 0.122 e. The molecule has 1 aromatic heterocycles. The van der Waals surface area contributed by atoms with Gasteiger partial charge in [-0.25, -0.2) is 0 Å². The largest absolute Gasteiger partial charge is 0.493 e. The predicted molar refractivity (Wildman–Crippen MR) is 95.8 cm³/mol. The summed E-state index contributed by atoms with van der Waals surface area (Å²) in [5, 5.41) is 9.32. The Balaban J connectivity index is 1.38. The van der Waals surface area contributed by atoms with Crippen molar-refractivity contribution < 1.29 is 4.74 Å². The van der Waals surface area contributed by atoms with Crippen LogP contribution < -0.4 is 4.74 Å². The minimum atomic E-state index is 0.579. The standard InChI is InChI=1S/C17H22Cl2N4O/c1-22-11-16(20-21-22)4-7-23-5-2-13(3-6-23)12-24-17-9-14(18)8-15(19)10-17/h8-11,13H,2-7,12H2,1H3. The van der Waals surface area contributed by atoms with Gasteiger partial charge in [-0.15, -0.1) is 5.10 Å². The number of halogens is 2. The van der Waals surface area contributed by atoms with Crippen LogP contribution in [0.4, 0.5) is 0 Å². The van der Waals surface area contributed by atoms with Gasteiger partial charge in [-0.2, -0.15) is 0 Å². The number of ether oxygens (including phenoxy) is 1. The topological polar surface area (TPSA) is 43.2 Å². The minimum Gasteiger partial charge on any atom is -0.493 e. The molecule has 0 unspecified atom stereocenters. The van der Waals surface area contributed by atoms with Gasteiger partial charge in [-0.1, -0.05) is 28.4 Å². The lowest BCUT2D eigenvalue weighted by Crippen LogP contribution is -2.36. The molecule has 2 heterocycles. The summed E-state index contributed by atoms with van der Waals surface area (Å²) in [6.45, 7) is 3.96. The number of benzene rings is 1. The first kappa shape index (κ1) is 17.5. The Morgan fingerprint density at radius 2 is 1.88 bits per heavy atom. The molecule has 0 N–H and O–H groups in total. The molecule has 24 heavy (non-hydrogen) atoms. The Morgan fingerprint density at radius 1 is 1.17 bits per heavy atom. The third kappa shape index (κ3) is 5.10. The summed E-state index contributed by atoms with van der Waals surface area (Å²) in [5.41, 5.74) is 1.06. The highest BCUT2D eigenvalue weighted by molar-refractivity contribution is 6.34. The van der Waals surface area contributed by atoms with Crippen LogP contribution in [0.5, 0.6) is 5.75 Å². The summed E-state index contributed by atoms with van der Waals surface area (Å²) in [6.07, 6.45) is 5.23. The van der Waals surface area contributed by atoms with Crippen molar-refractivity contribution >= 4 is 23.2 Å². The molecule has 0 saturated carbocycles. The van der Waals surface area contributed by atoms with Crippen LogP contribution in [0.3, 0.4) is 0 Å². The van der Waals surface area contributed by atoms with E-state index in [9.17, 15) is 0 Å². The molecule has 1 fully saturated rings. The first-order chi connectivity index (χ1) is 11.6. The molecule has 1 aromatic carbocycles. The fourth-order valence-electron chi connectivity index (χ4n) is 2.99. The lowest BCUT2D eigenvalue weighted by molar-refractivity contribution is 0.142. The Hall–Kier alpha value is -1.30. The van der Waals surface area contributed by atoms with Gasteiger partial charge in [0, 0.05) is 36.3 Å². The quantitative estimate of drug-likeness (QED) is 0.782. The summed E-state index contributed by atoms with van der Waals surface area (Å²) >= 11 is 12.0. The van der Waals surface area contributed by atoms with Crippen LogP contribution in [0.1, 0.15) is 18.5 Å². The Morgan fingerprint density at radius 3 is 2.50 bits per heavy atom. The van der Waals surface area contributed by atoms with Crippen LogP contribution in [0.15, 0.2) is 24.4 Å². The van der Waals surface area contributed by atoms with Crippen molar-refractivity contribution in [3.63, 3.8) is 0 Å². The van der Waals surface area contributed by atoms with E-state index in [2.05, 4.69) is 15.2 Å².